The van der Waals surface area contributed by atoms with Crippen molar-refractivity contribution in [1.29, 1.82) is 0 Å². The average molecular weight is 329 g/mol. The zero-order valence-corrected chi connectivity index (χ0v) is 14.6. The Morgan fingerprint density at radius 3 is 2.05 bits per heavy atom. The molecule has 1 aromatic carbocycles. The molecule has 0 heterocycles. The molecule has 0 radical (unpaired) electrons. The van der Waals surface area contributed by atoms with Gasteiger partial charge < -0.3 is 0 Å². The van der Waals surface area contributed by atoms with E-state index in [4.69, 9.17) is 0 Å². The summed E-state index contributed by atoms with van der Waals surface area (Å²) in [4.78, 5) is 0.308. The highest BCUT2D eigenvalue weighted by Crippen LogP contribution is 2.35. The molecule has 19 heavy (non-hydrogen) atoms. The zero-order valence-electron chi connectivity index (χ0n) is 13.0. The van der Waals surface area contributed by atoms with Crippen molar-refractivity contribution in [2.24, 2.45) is 11.3 Å². The first kappa shape index (κ1) is 16.7. The predicted octanol–water partition coefficient (Wildman–Crippen LogP) is 6.34. The predicted molar refractivity (Wildman–Crippen MR) is 85.4 cm³/mol. The average Bonchev–Trinajstić information content (AvgIpc) is 2.22. The maximum Gasteiger partial charge on any atom is 0.129 e. The van der Waals surface area contributed by atoms with Crippen LogP contribution in [0.3, 0.4) is 0 Å². The summed E-state index contributed by atoms with van der Waals surface area (Å²) in [5, 5.41) is 0. The fraction of sp³-hybridized carbons (Fsp3) is 0.647. The number of rotatable bonds is 4. The molecule has 2 atom stereocenters. The summed E-state index contributed by atoms with van der Waals surface area (Å²) in [7, 11) is 0. The summed E-state index contributed by atoms with van der Waals surface area (Å²) in [5.74, 6) is 0.571. The Morgan fingerprint density at radius 2 is 1.63 bits per heavy atom. The molecule has 1 aromatic rings. The summed E-state index contributed by atoms with van der Waals surface area (Å²) >= 11 is 3.76. The molecule has 0 amide bonds. The maximum atomic E-state index is 13.6. The summed E-state index contributed by atoms with van der Waals surface area (Å²) in [5.41, 5.74) is 3.03. The van der Waals surface area contributed by atoms with Crippen LogP contribution in [-0.2, 0) is 0 Å². The van der Waals surface area contributed by atoms with E-state index < -0.39 is 0 Å². The smallest absolute Gasteiger partial charge is 0.129 e. The normalized spacial score (nSPS) is 15.4. The molecule has 2 unspecified atom stereocenters. The molecular weight excluding hydrogens is 303 g/mol. The largest absolute Gasteiger partial charge is 0.206 e. The van der Waals surface area contributed by atoms with Crippen molar-refractivity contribution in [2.75, 3.05) is 0 Å². The van der Waals surface area contributed by atoms with E-state index in [1.807, 2.05) is 26.0 Å². The van der Waals surface area contributed by atoms with Crippen LogP contribution >= 0.6 is 15.9 Å². The molecule has 0 spiro atoms. The molecule has 0 aliphatic carbocycles. The van der Waals surface area contributed by atoms with Crippen LogP contribution in [0.2, 0.25) is 0 Å². The van der Waals surface area contributed by atoms with Gasteiger partial charge in [-0.05, 0) is 54.7 Å². The number of benzene rings is 1. The monoisotopic (exact) mass is 328 g/mol. The highest BCUT2D eigenvalue weighted by molar-refractivity contribution is 9.09. The molecule has 0 aliphatic heterocycles. The molecule has 0 bridgehead atoms. The Balaban J connectivity index is 2.76. The summed E-state index contributed by atoms with van der Waals surface area (Å²) in [6.45, 7) is 12.8. The van der Waals surface area contributed by atoms with Gasteiger partial charge in [0.2, 0.25) is 0 Å². The lowest BCUT2D eigenvalue weighted by Gasteiger charge is -2.25. The maximum absolute atomic E-state index is 13.6. The van der Waals surface area contributed by atoms with Gasteiger partial charge in [0.1, 0.15) is 5.82 Å². The topological polar surface area (TPSA) is 0 Å². The second kappa shape index (κ2) is 6.39. The van der Waals surface area contributed by atoms with Crippen LogP contribution in [0.1, 0.15) is 62.1 Å². The van der Waals surface area contributed by atoms with Gasteiger partial charge in [-0.2, -0.15) is 0 Å². The van der Waals surface area contributed by atoms with Crippen LogP contribution in [0.5, 0.6) is 0 Å². The minimum absolute atomic E-state index is 0.0776. The number of hydrogen-bond donors (Lipinski definition) is 0. The van der Waals surface area contributed by atoms with Gasteiger partial charge >= 0.3 is 0 Å². The van der Waals surface area contributed by atoms with Gasteiger partial charge in [0, 0.05) is 4.83 Å². The summed E-state index contributed by atoms with van der Waals surface area (Å²) in [6, 6.07) is 3.93. The zero-order chi connectivity index (χ0) is 14.8. The van der Waals surface area contributed by atoms with E-state index in [0.717, 1.165) is 17.5 Å². The Morgan fingerprint density at radius 1 is 1.16 bits per heavy atom. The van der Waals surface area contributed by atoms with Gasteiger partial charge in [-0.3, -0.25) is 0 Å². The standard InChI is InChI=1S/C17H26BrF/c1-11(10-17(4,5)6)7-15(18)14-8-12(2)16(19)13(3)9-14/h8-9,11,15H,7,10H2,1-6H3. The Bertz CT molecular complexity index is 408. The molecule has 0 saturated carbocycles. The van der Waals surface area contributed by atoms with E-state index >= 15 is 0 Å². The molecule has 0 N–H and O–H groups in total. The lowest BCUT2D eigenvalue weighted by Crippen LogP contribution is -2.12. The highest BCUT2D eigenvalue weighted by Gasteiger charge is 2.19. The summed E-state index contributed by atoms with van der Waals surface area (Å²) in [6.07, 6.45) is 2.29. The second-order valence-electron chi connectivity index (χ2n) is 7.04. The first-order valence-electron chi connectivity index (χ1n) is 7.01. The van der Waals surface area contributed by atoms with Crippen molar-refractivity contribution in [3.05, 3.63) is 34.6 Å². The van der Waals surface area contributed by atoms with E-state index in [1.54, 1.807) is 0 Å². The van der Waals surface area contributed by atoms with Gasteiger partial charge in [-0.25, -0.2) is 4.39 Å². The van der Waals surface area contributed by atoms with Gasteiger partial charge in [0.15, 0.2) is 0 Å². The lowest BCUT2D eigenvalue weighted by atomic mass is 9.83. The van der Waals surface area contributed by atoms with Crippen LogP contribution in [-0.4, -0.2) is 0 Å². The highest BCUT2D eigenvalue weighted by atomic mass is 79.9. The molecule has 2 heteroatoms. The third-order valence-corrected chi connectivity index (χ3v) is 4.29. The minimum atomic E-state index is -0.0776. The first-order chi connectivity index (χ1) is 8.60. The van der Waals surface area contributed by atoms with Crippen molar-refractivity contribution in [3.8, 4) is 0 Å². The summed E-state index contributed by atoms with van der Waals surface area (Å²) < 4.78 is 13.6. The van der Waals surface area contributed by atoms with Crippen LogP contribution < -0.4 is 0 Å². The van der Waals surface area contributed by atoms with Gasteiger partial charge in [0.05, 0.1) is 0 Å². The van der Waals surface area contributed by atoms with Crippen molar-refractivity contribution < 1.29 is 4.39 Å². The fourth-order valence-corrected chi connectivity index (χ4v) is 3.68. The molecule has 1 rings (SSSR count). The van der Waals surface area contributed by atoms with E-state index in [9.17, 15) is 4.39 Å². The number of halogens is 2. The van der Waals surface area contributed by atoms with E-state index in [1.165, 1.54) is 12.0 Å². The van der Waals surface area contributed by atoms with Crippen LogP contribution in [0, 0.1) is 31.0 Å². The molecule has 0 aliphatic rings. The van der Waals surface area contributed by atoms with Crippen LogP contribution in [0.25, 0.3) is 0 Å². The third-order valence-electron chi connectivity index (χ3n) is 3.39. The fourth-order valence-electron chi connectivity index (χ4n) is 2.78. The number of hydrogen-bond acceptors (Lipinski definition) is 0. The molecule has 0 fully saturated rings. The van der Waals surface area contributed by atoms with Crippen LogP contribution in [0.4, 0.5) is 4.39 Å². The van der Waals surface area contributed by atoms with Crippen molar-refractivity contribution in [1.82, 2.24) is 0 Å². The van der Waals surface area contributed by atoms with E-state index in [2.05, 4.69) is 43.6 Å². The van der Waals surface area contributed by atoms with Crippen LogP contribution in [0.15, 0.2) is 12.1 Å². The molecule has 0 saturated heterocycles. The van der Waals surface area contributed by atoms with E-state index in [-0.39, 0.29) is 5.82 Å². The lowest BCUT2D eigenvalue weighted by molar-refractivity contribution is 0.296. The Labute approximate surface area is 125 Å². The van der Waals surface area contributed by atoms with Crippen molar-refractivity contribution in [3.63, 3.8) is 0 Å². The Kier molecular flexibility index (Phi) is 5.61. The van der Waals surface area contributed by atoms with Crippen molar-refractivity contribution >= 4 is 15.9 Å². The van der Waals surface area contributed by atoms with Gasteiger partial charge in [-0.1, -0.05) is 55.8 Å². The molecule has 108 valence electrons. The number of aryl methyl sites for hydroxylation is 2. The molecule has 0 aromatic heterocycles. The van der Waals surface area contributed by atoms with Crippen molar-refractivity contribution in [2.45, 2.75) is 59.2 Å². The van der Waals surface area contributed by atoms with Gasteiger partial charge in [0.25, 0.3) is 0 Å². The Hall–Kier alpha value is -0.370. The van der Waals surface area contributed by atoms with E-state index in [0.29, 0.717) is 16.2 Å². The minimum Gasteiger partial charge on any atom is -0.206 e. The third kappa shape index (κ3) is 5.25. The van der Waals surface area contributed by atoms with Gasteiger partial charge in [-0.15, -0.1) is 0 Å². The quantitative estimate of drug-likeness (QED) is 0.565. The second-order valence-corrected chi connectivity index (χ2v) is 8.15. The molecule has 0 nitrogen and oxygen atoms in total. The first-order valence-corrected chi connectivity index (χ1v) is 7.92. The molecular formula is C17H26BrF. The number of alkyl halides is 1. The SMILES string of the molecule is Cc1cc(C(Br)CC(C)CC(C)(C)C)cc(C)c1F.